The third-order valence-electron chi connectivity index (χ3n) is 2.32. The number of amides is 1. The topological polar surface area (TPSA) is 64.4 Å². The van der Waals surface area contributed by atoms with Gasteiger partial charge < -0.3 is 15.8 Å². The van der Waals surface area contributed by atoms with Gasteiger partial charge in [0.25, 0.3) is 0 Å². The molecule has 0 heterocycles. The van der Waals surface area contributed by atoms with E-state index in [2.05, 4.69) is 21.2 Å². The Balaban J connectivity index is 0.00000400. The lowest BCUT2D eigenvalue weighted by Crippen LogP contribution is -2.40. The maximum Gasteiger partial charge on any atom is 0.420 e. The zero-order valence-corrected chi connectivity index (χ0v) is 13.4. The maximum absolute atomic E-state index is 12.8. The Hall–Kier alpha value is -0.990. The molecule has 0 aliphatic carbocycles. The predicted molar refractivity (Wildman–Crippen MR) is 78.5 cm³/mol. The number of alkyl halides is 3. The summed E-state index contributed by atoms with van der Waals surface area (Å²) in [6, 6.07) is 2.94. The van der Waals surface area contributed by atoms with Crippen LogP contribution in [0.3, 0.4) is 0 Å². The Morgan fingerprint density at radius 2 is 2.10 bits per heavy atom. The number of nitrogens with one attached hydrogen (secondary N) is 1. The standard InChI is InChI=1S/C12H14BrF3N2O2.ClH/c1-7(17)11(19)18-4-5-20-10-3-2-8(13)6-9(10)12(14,15)16;/h2-3,6-7H,4-5,17H2,1H3,(H,18,19);1H. The average molecular weight is 392 g/mol. The van der Waals surface area contributed by atoms with Crippen molar-refractivity contribution < 1.29 is 22.7 Å². The molecule has 1 unspecified atom stereocenters. The SMILES string of the molecule is CC(N)C(=O)NCCOc1ccc(Br)cc1C(F)(F)F.Cl. The minimum absolute atomic E-state index is 0. The van der Waals surface area contributed by atoms with Gasteiger partial charge in [-0.3, -0.25) is 4.79 Å². The molecule has 0 saturated carbocycles. The molecule has 120 valence electrons. The van der Waals surface area contributed by atoms with Gasteiger partial charge in [0.05, 0.1) is 18.2 Å². The smallest absolute Gasteiger partial charge is 0.420 e. The summed E-state index contributed by atoms with van der Waals surface area (Å²) in [5.41, 5.74) is 4.45. The molecule has 1 aromatic rings. The molecule has 21 heavy (non-hydrogen) atoms. The summed E-state index contributed by atoms with van der Waals surface area (Å²) in [4.78, 5) is 11.1. The number of hydrogen-bond acceptors (Lipinski definition) is 3. The second-order valence-corrected chi connectivity index (χ2v) is 4.98. The van der Waals surface area contributed by atoms with Gasteiger partial charge in [-0.1, -0.05) is 15.9 Å². The summed E-state index contributed by atoms with van der Waals surface area (Å²) < 4.78 is 43.7. The third kappa shape index (κ3) is 6.54. The van der Waals surface area contributed by atoms with Gasteiger partial charge in [-0.25, -0.2) is 0 Å². The number of carbonyl (C=O) groups excluding carboxylic acids is 1. The Bertz CT molecular complexity index is 484. The van der Waals surface area contributed by atoms with E-state index in [0.29, 0.717) is 4.47 Å². The van der Waals surface area contributed by atoms with E-state index in [1.807, 2.05) is 0 Å². The highest BCUT2D eigenvalue weighted by molar-refractivity contribution is 9.10. The molecule has 3 N–H and O–H groups in total. The molecular formula is C12H15BrClF3N2O2. The van der Waals surface area contributed by atoms with E-state index in [1.54, 1.807) is 0 Å². The Kier molecular flexibility index (Phi) is 8.05. The van der Waals surface area contributed by atoms with Crippen molar-refractivity contribution in [1.82, 2.24) is 5.32 Å². The van der Waals surface area contributed by atoms with Gasteiger partial charge in [-0.15, -0.1) is 12.4 Å². The van der Waals surface area contributed by atoms with Crippen LogP contribution in [0.15, 0.2) is 22.7 Å². The molecular weight excluding hydrogens is 376 g/mol. The fraction of sp³-hybridized carbons (Fsp3) is 0.417. The van der Waals surface area contributed by atoms with Gasteiger partial charge in [0.2, 0.25) is 5.91 Å². The summed E-state index contributed by atoms with van der Waals surface area (Å²) in [6.45, 7) is 1.50. The number of hydrogen-bond donors (Lipinski definition) is 2. The lowest BCUT2D eigenvalue weighted by atomic mass is 10.2. The zero-order valence-electron chi connectivity index (χ0n) is 11.0. The molecule has 4 nitrogen and oxygen atoms in total. The van der Waals surface area contributed by atoms with Crippen molar-refractivity contribution in [2.45, 2.75) is 19.1 Å². The van der Waals surface area contributed by atoms with E-state index in [0.717, 1.165) is 6.07 Å². The predicted octanol–water partition coefficient (Wildman–Crippen LogP) is 2.73. The van der Waals surface area contributed by atoms with Crippen LogP contribution in [-0.4, -0.2) is 25.1 Å². The summed E-state index contributed by atoms with van der Waals surface area (Å²) in [5, 5.41) is 2.44. The quantitative estimate of drug-likeness (QED) is 0.759. The minimum atomic E-state index is -4.51. The van der Waals surface area contributed by atoms with E-state index >= 15 is 0 Å². The summed E-state index contributed by atoms with van der Waals surface area (Å²) in [5.74, 6) is -0.670. The number of carbonyl (C=O) groups is 1. The fourth-order valence-electron chi connectivity index (χ4n) is 1.35. The second-order valence-electron chi connectivity index (χ2n) is 4.07. The van der Waals surface area contributed by atoms with Gasteiger partial charge in [0.1, 0.15) is 12.4 Å². The lowest BCUT2D eigenvalue weighted by Gasteiger charge is -2.15. The van der Waals surface area contributed by atoms with Gasteiger partial charge in [-0.2, -0.15) is 13.2 Å². The maximum atomic E-state index is 12.8. The largest absolute Gasteiger partial charge is 0.491 e. The first-order valence-electron chi connectivity index (χ1n) is 5.74. The zero-order chi connectivity index (χ0) is 15.3. The Labute approximate surface area is 134 Å². The van der Waals surface area contributed by atoms with Crippen molar-refractivity contribution in [3.8, 4) is 5.75 Å². The average Bonchev–Trinajstić information content (AvgIpc) is 2.34. The molecule has 1 aromatic carbocycles. The van der Waals surface area contributed by atoms with Gasteiger partial charge in [-0.05, 0) is 25.1 Å². The van der Waals surface area contributed by atoms with Crippen LogP contribution < -0.4 is 15.8 Å². The van der Waals surface area contributed by atoms with Crippen LogP contribution in [0.1, 0.15) is 12.5 Å². The molecule has 1 amide bonds. The van der Waals surface area contributed by atoms with Crippen LogP contribution >= 0.6 is 28.3 Å². The molecule has 1 atom stereocenters. The highest BCUT2D eigenvalue weighted by atomic mass is 79.9. The van der Waals surface area contributed by atoms with Crippen molar-refractivity contribution in [3.63, 3.8) is 0 Å². The van der Waals surface area contributed by atoms with E-state index in [1.165, 1.54) is 19.1 Å². The van der Waals surface area contributed by atoms with E-state index < -0.39 is 17.8 Å². The van der Waals surface area contributed by atoms with Gasteiger partial charge >= 0.3 is 6.18 Å². The molecule has 0 fully saturated rings. The highest BCUT2D eigenvalue weighted by Crippen LogP contribution is 2.37. The Morgan fingerprint density at radius 3 is 2.62 bits per heavy atom. The number of nitrogens with two attached hydrogens (primary N) is 1. The molecule has 0 saturated heterocycles. The second kappa shape index (κ2) is 8.45. The number of ether oxygens (including phenoxy) is 1. The summed E-state index contributed by atoms with van der Waals surface area (Å²) in [6.07, 6.45) is -4.51. The molecule has 0 aliphatic rings. The summed E-state index contributed by atoms with van der Waals surface area (Å²) >= 11 is 2.98. The molecule has 1 rings (SSSR count). The van der Waals surface area contributed by atoms with Gasteiger partial charge in [0.15, 0.2) is 0 Å². The molecule has 0 bridgehead atoms. The van der Waals surface area contributed by atoms with Crippen LogP contribution in [-0.2, 0) is 11.0 Å². The first kappa shape index (κ1) is 20.0. The van der Waals surface area contributed by atoms with Crippen molar-refractivity contribution >= 4 is 34.2 Å². The number of halogens is 5. The molecule has 9 heteroatoms. The van der Waals surface area contributed by atoms with Crippen LogP contribution in [0.2, 0.25) is 0 Å². The lowest BCUT2D eigenvalue weighted by molar-refractivity contribution is -0.139. The van der Waals surface area contributed by atoms with Crippen molar-refractivity contribution in [2.24, 2.45) is 5.73 Å². The van der Waals surface area contributed by atoms with Crippen LogP contribution in [0.25, 0.3) is 0 Å². The normalized spacial score (nSPS) is 12.3. The van der Waals surface area contributed by atoms with Gasteiger partial charge in [0, 0.05) is 4.47 Å². The van der Waals surface area contributed by atoms with Crippen molar-refractivity contribution in [1.29, 1.82) is 0 Å². The number of rotatable bonds is 5. The van der Waals surface area contributed by atoms with Crippen LogP contribution in [0.5, 0.6) is 5.75 Å². The van der Waals surface area contributed by atoms with Crippen molar-refractivity contribution in [2.75, 3.05) is 13.2 Å². The molecule has 0 aliphatic heterocycles. The van der Waals surface area contributed by atoms with E-state index in [-0.39, 0.29) is 37.2 Å². The monoisotopic (exact) mass is 390 g/mol. The number of benzene rings is 1. The van der Waals surface area contributed by atoms with Crippen LogP contribution in [0, 0.1) is 0 Å². The van der Waals surface area contributed by atoms with E-state index in [4.69, 9.17) is 10.5 Å². The fourth-order valence-corrected chi connectivity index (χ4v) is 1.71. The summed E-state index contributed by atoms with van der Waals surface area (Å²) in [7, 11) is 0. The van der Waals surface area contributed by atoms with Crippen molar-refractivity contribution in [3.05, 3.63) is 28.2 Å². The third-order valence-corrected chi connectivity index (χ3v) is 2.81. The first-order chi connectivity index (χ1) is 9.21. The molecule has 0 aromatic heterocycles. The van der Waals surface area contributed by atoms with Crippen LogP contribution in [0.4, 0.5) is 13.2 Å². The Morgan fingerprint density at radius 1 is 1.48 bits per heavy atom. The first-order valence-corrected chi connectivity index (χ1v) is 6.54. The highest BCUT2D eigenvalue weighted by Gasteiger charge is 2.34. The molecule has 0 spiro atoms. The van der Waals surface area contributed by atoms with E-state index in [9.17, 15) is 18.0 Å². The minimum Gasteiger partial charge on any atom is -0.491 e. The molecule has 0 radical (unpaired) electrons.